The summed E-state index contributed by atoms with van der Waals surface area (Å²) in [7, 11) is 0. The van der Waals surface area contributed by atoms with Crippen molar-refractivity contribution in [2.24, 2.45) is 0 Å². The molecule has 1 heterocycles. The lowest BCUT2D eigenvalue weighted by atomic mass is 10.7. The Balaban J connectivity index is 3.41. The van der Waals surface area contributed by atoms with Gasteiger partial charge in [-0.1, -0.05) is 0 Å². The standard InChI is InChI=1S/C3H2BrNO2S/c4-1-2(6)5-8-3(1)7/h7H,(H,5,6). The summed E-state index contributed by atoms with van der Waals surface area (Å²) in [6.07, 6.45) is 0. The highest BCUT2D eigenvalue weighted by Gasteiger charge is 2.02. The molecule has 0 bridgehead atoms. The highest BCUT2D eigenvalue weighted by Crippen LogP contribution is 2.21. The third-order valence-corrected chi connectivity index (χ3v) is 2.31. The Morgan fingerprint density at radius 1 is 1.75 bits per heavy atom. The van der Waals surface area contributed by atoms with E-state index in [1.807, 2.05) is 0 Å². The molecule has 8 heavy (non-hydrogen) atoms. The van der Waals surface area contributed by atoms with Crippen LogP contribution >= 0.6 is 27.5 Å². The smallest absolute Gasteiger partial charge is 0.276 e. The molecule has 0 radical (unpaired) electrons. The molecule has 3 nitrogen and oxygen atoms in total. The first-order valence-corrected chi connectivity index (χ1v) is 3.38. The molecule has 5 heteroatoms. The van der Waals surface area contributed by atoms with Crippen LogP contribution in [0.15, 0.2) is 9.27 Å². The van der Waals surface area contributed by atoms with Gasteiger partial charge in [-0.25, -0.2) is 0 Å². The van der Waals surface area contributed by atoms with Crippen molar-refractivity contribution in [1.82, 2.24) is 4.37 Å². The van der Waals surface area contributed by atoms with Gasteiger partial charge in [0, 0.05) is 0 Å². The van der Waals surface area contributed by atoms with Crippen molar-refractivity contribution >= 4 is 27.5 Å². The number of aromatic nitrogens is 1. The van der Waals surface area contributed by atoms with E-state index in [0.29, 0.717) is 0 Å². The predicted octanol–water partition coefficient (Wildman–Crippen LogP) is 0.904. The summed E-state index contributed by atoms with van der Waals surface area (Å²) in [5.41, 5.74) is -0.285. The first-order chi connectivity index (χ1) is 3.72. The topological polar surface area (TPSA) is 53.1 Å². The van der Waals surface area contributed by atoms with Crippen molar-refractivity contribution in [1.29, 1.82) is 0 Å². The quantitative estimate of drug-likeness (QED) is 0.647. The van der Waals surface area contributed by atoms with Gasteiger partial charge in [0.05, 0.1) is 0 Å². The van der Waals surface area contributed by atoms with Crippen molar-refractivity contribution in [2.75, 3.05) is 0 Å². The highest BCUT2D eigenvalue weighted by atomic mass is 79.9. The highest BCUT2D eigenvalue weighted by molar-refractivity contribution is 9.10. The number of aromatic amines is 1. The fourth-order valence-electron chi connectivity index (χ4n) is 0.281. The molecule has 0 aliphatic carbocycles. The van der Waals surface area contributed by atoms with Gasteiger partial charge >= 0.3 is 0 Å². The minimum atomic E-state index is -0.285. The molecule has 0 atom stereocenters. The van der Waals surface area contributed by atoms with E-state index in [1.165, 1.54) is 0 Å². The van der Waals surface area contributed by atoms with Crippen LogP contribution in [0.1, 0.15) is 0 Å². The van der Waals surface area contributed by atoms with Crippen molar-refractivity contribution in [3.8, 4) is 5.06 Å². The lowest BCUT2D eigenvalue weighted by Gasteiger charge is -1.74. The van der Waals surface area contributed by atoms with Crippen LogP contribution in [0.4, 0.5) is 0 Å². The maximum atomic E-state index is 10.4. The minimum Gasteiger partial charge on any atom is -0.498 e. The van der Waals surface area contributed by atoms with Crippen molar-refractivity contribution in [2.45, 2.75) is 0 Å². The second kappa shape index (κ2) is 1.91. The zero-order chi connectivity index (χ0) is 6.15. The van der Waals surface area contributed by atoms with E-state index in [9.17, 15) is 4.79 Å². The molecule has 0 aliphatic rings. The molecule has 0 saturated carbocycles. The van der Waals surface area contributed by atoms with Gasteiger partial charge in [-0.2, -0.15) is 0 Å². The van der Waals surface area contributed by atoms with Crippen LogP contribution in [0.5, 0.6) is 5.06 Å². The first kappa shape index (κ1) is 5.84. The second-order valence-electron chi connectivity index (χ2n) is 1.15. The molecule has 0 aliphatic heterocycles. The summed E-state index contributed by atoms with van der Waals surface area (Å²) < 4.78 is 2.54. The number of H-pyrrole nitrogens is 1. The molecule has 44 valence electrons. The van der Waals surface area contributed by atoms with E-state index in [4.69, 9.17) is 5.11 Å². The maximum absolute atomic E-state index is 10.4. The van der Waals surface area contributed by atoms with Gasteiger partial charge in [0.25, 0.3) is 5.56 Å². The van der Waals surface area contributed by atoms with E-state index < -0.39 is 0 Å². The number of aromatic hydroxyl groups is 1. The van der Waals surface area contributed by atoms with Gasteiger partial charge in [-0.3, -0.25) is 9.17 Å². The van der Waals surface area contributed by atoms with E-state index in [-0.39, 0.29) is 15.1 Å². The number of rotatable bonds is 0. The fraction of sp³-hybridized carbons (Fsp3) is 0. The van der Waals surface area contributed by atoms with Crippen LogP contribution in [0.3, 0.4) is 0 Å². The van der Waals surface area contributed by atoms with Gasteiger partial charge in [0.2, 0.25) is 5.06 Å². The Morgan fingerprint density at radius 2 is 2.38 bits per heavy atom. The van der Waals surface area contributed by atoms with Gasteiger partial charge in [-0.05, 0) is 27.5 Å². The molecule has 0 spiro atoms. The van der Waals surface area contributed by atoms with E-state index in [1.54, 1.807) is 0 Å². The van der Waals surface area contributed by atoms with E-state index in [2.05, 4.69) is 20.3 Å². The third-order valence-electron chi connectivity index (χ3n) is 0.628. The Bertz CT molecular complexity index is 240. The summed E-state index contributed by atoms with van der Waals surface area (Å²) in [5.74, 6) is 0. The molecule has 0 aromatic carbocycles. The molecular weight excluding hydrogens is 194 g/mol. The van der Waals surface area contributed by atoms with Gasteiger partial charge in [-0.15, -0.1) is 0 Å². The van der Waals surface area contributed by atoms with Crippen molar-refractivity contribution in [3.05, 3.63) is 14.8 Å². The second-order valence-corrected chi connectivity index (χ2v) is 2.74. The number of hydrogen-bond acceptors (Lipinski definition) is 3. The van der Waals surface area contributed by atoms with E-state index >= 15 is 0 Å². The average Bonchev–Trinajstić information content (AvgIpc) is 1.98. The Labute approximate surface area is 57.3 Å². The average molecular weight is 196 g/mol. The largest absolute Gasteiger partial charge is 0.498 e. The maximum Gasteiger partial charge on any atom is 0.276 e. The summed E-state index contributed by atoms with van der Waals surface area (Å²) >= 11 is 3.77. The van der Waals surface area contributed by atoms with Crippen LogP contribution in [-0.2, 0) is 0 Å². The minimum absolute atomic E-state index is 0.00463. The molecule has 1 aromatic rings. The third kappa shape index (κ3) is 0.784. The van der Waals surface area contributed by atoms with Crippen LogP contribution in [0, 0.1) is 0 Å². The molecular formula is C3H2BrNO2S. The molecule has 0 fully saturated rings. The Morgan fingerprint density at radius 3 is 2.50 bits per heavy atom. The zero-order valence-corrected chi connectivity index (χ0v) is 6.04. The normalized spacial score (nSPS) is 9.62. The molecule has 0 unspecified atom stereocenters. The van der Waals surface area contributed by atoms with Crippen LogP contribution < -0.4 is 5.56 Å². The summed E-state index contributed by atoms with van der Waals surface area (Å²) in [6, 6.07) is 0. The Kier molecular flexibility index (Phi) is 1.39. The monoisotopic (exact) mass is 195 g/mol. The van der Waals surface area contributed by atoms with Crippen molar-refractivity contribution in [3.63, 3.8) is 0 Å². The molecule has 2 N–H and O–H groups in total. The van der Waals surface area contributed by atoms with Crippen molar-refractivity contribution < 1.29 is 5.11 Å². The van der Waals surface area contributed by atoms with Gasteiger partial charge in [0.1, 0.15) is 4.47 Å². The van der Waals surface area contributed by atoms with Crippen LogP contribution in [0.2, 0.25) is 0 Å². The van der Waals surface area contributed by atoms with Crippen LogP contribution in [0.25, 0.3) is 0 Å². The Hall–Kier alpha value is -0.290. The van der Waals surface area contributed by atoms with Gasteiger partial charge < -0.3 is 5.11 Å². The lowest BCUT2D eigenvalue weighted by molar-refractivity contribution is 0.487. The fourth-order valence-corrected chi connectivity index (χ4v) is 1.23. The number of nitrogens with one attached hydrogen (secondary N) is 1. The zero-order valence-electron chi connectivity index (χ0n) is 3.64. The molecule has 0 saturated heterocycles. The van der Waals surface area contributed by atoms with Crippen LogP contribution in [-0.4, -0.2) is 9.48 Å². The predicted molar refractivity (Wildman–Crippen MR) is 34.3 cm³/mol. The lowest BCUT2D eigenvalue weighted by Crippen LogP contribution is -1.95. The summed E-state index contributed by atoms with van der Waals surface area (Å²) in [6.45, 7) is 0. The summed E-state index contributed by atoms with van der Waals surface area (Å²) in [4.78, 5) is 10.4. The number of halogens is 1. The molecule has 1 aromatic heterocycles. The first-order valence-electron chi connectivity index (χ1n) is 1.77. The molecule has 1 rings (SSSR count). The molecule has 0 amide bonds. The van der Waals surface area contributed by atoms with E-state index in [0.717, 1.165) is 11.5 Å². The number of hydrogen-bond donors (Lipinski definition) is 2. The summed E-state index contributed by atoms with van der Waals surface area (Å²) in [5, 5.41) is 8.68. The SMILES string of the molecule is O=c1[nH]sc(O)c1Br. The van der Waals surface area contributed by atoms with Gasteiger partial charge in [0.15, 0.2) is 0 Å².